The predicted molar refractivity (Wildman–Crippen MR) is 62.0 cm³/mol. The van der Waals surface area contributed by atoms with Gasteiger partial charge in [-0.25, -0.2) is 4.39 Å². The molecule has 0 saturated carbocycles. The van der Waals surface area contributed by atoms with E-state index in [1.54, 1.807) is 19.1 Å². The van der Waals surface area contributed by atoms with Gasteiger partial charge in [0.05, 0.1) is 18.9 Å². The van der Waals surface area contributed by atoms with E-state index in [1.165, 1.54) is 0 Å². The summed E-state index contributed by atoms with van der Waals surface area (Å²) in [6, 6.07) is 5.12. The van der Waals surface area contributed by atoms with Gasteiger partial charge in [-0.15, -0.1) is 0 Å². The molecule has 1 fully saturated rings. The number of rotatable bonds is 2. The van der Waals surface area contributed by atoms with Gasteiger partial charge in [-0.2, -0.15) is 0 Å². The summed E-state index contributed by atoms with van der Waals surface area (Å²) < 4.78 is 19.4. The Bertz CT molecular complexity index is 362. The molecule has 1 aromatic rings. The highest BCUT2D eigenvalue weighted by Gasteiger charge is 2.18. The third-order valence-corrected chi connectivity index (χ3v) is 2.85. The van der Waals surface area contributed by atoms with Gasteiger partial charge in [-0.1, -0.05) is 12.1 Å². The van der Waals surface area contributed by atoms with Crippen molar-refractivity contribution in [2.24, 2.45) is 5.73 Å². The first-order chi connectivity index (χ1) is 7.70. The van der Waals surface area contributed by atoms with Crippen molar-refractivity contribution in [3.05, 3.63) is 29.6 Å². The predicted octanol–water partition coefficient (Wildman–Crippen LogP) is 1.68. The first-order valence-electron chi connectivity index (χ1n) is 5.57. The van der Waals surface area contributed by atoms with E-state index in [0.29, 0.717) is 24.5 Å². The molecule has 2 rings (SSSR count). The quantitative estimate of drug-likeness (QED) is 0.830. The van der Waals surface area contributed by atoms with Gasteiger partial charge in [0.25, 0.3) is 0 Å². The van der Waals surface area contributed by atoms with Crippen LogP contribution in [0.4, 0.5) is 10.1 Å². The first kappa shape index (κ1) is 11.4. The van der Waals surface area contributed by atoms with Crippen LogP contribution < -0.4 is 10.6 Å². The number of ether oxygens (including phenoxy) is 1. The van der Waals surface area contributed by atoms with Crippen LogP contribution in [-0.2, 0) is 4.74 Å². The summed E-state index contributed by atoms with van der Waals surface area (Å²) in [4.78, 5) is 2.00. The van der Waals surface area contributed by atoms with Crippen molar-refractivity contribution in [3.8, 4) is 0 Å². The van der Waals surface area contributed by atoms with Crippen molar-refractivity contribution < 1.29 is 9.13 Å². The molecule has 0 radical (unpaired) electrons. The zero-order valence-electron chi connectivity index (χ0n) is 9.45. The van der Waals surface area contributed by atoms with E-state index in [0.717, 1.165) is 13.1 Å². The smallest absolute Gasteiger partial charge is 0.151 e. The average Bonchev–Trinajstić information content (AvgIpc) is 2.30. The van der Waals surface area contributed by atoms with Crippen LogP contribution in [0.3, 0.4) is 0 Å². The summed E-state index contributed by atoms with van der Waals surface area (Å²) in [6.45, 7) is 4.57. The number of anilines is 1. The Labute approximate surface area is 95.0 Å². The minimum Gasteiger partial charge on any atom is -0.378 e. The zero-order valence-corrected chi connectivity index (χ0v) is 9.45. The minimum atomic E-state index is -0.277. The molecular formula is C12H17FN2O. The van der Waals surface area contributed by atoms with Crippen molar-refractivity contribution in [1.29, 1.82) is 0 Å². The molecule has 1 unspecified atom stereocenters. The SMILES string of the molecule is CC(N)c1cccc(N2CCOCC2)c1F. The van der Waals surface area contributed by atoms with E-state index in [4.69, 9.17) is 10.5 Å². The summed E-state index contributed by atoms with van der Waals surface area (Å²) in [6.07, 6.45) is 0. The summed E-state index contributed by atoms with van der Waals surface area (Å²) in [5.74, 6) is -0.195. The molecule has 0 aliphatic carbocycles. The fraction of sp³-hybridized carbons (Fsp3) is 0.500. The van der Waals surface area contributed by atoms with Crippen LogP contribution in [0.5, 0.6) is 0 Å². The molecule has 1 aromatic carbocycles. The van der Waals surface area contributed by atoms with Crippen LogP contribution in [0.15, 0.2) is 18.2 Å². The zero-order chi connectivity index (χ0) is 11.5. The van der Waals surface area contributed by atoms with Crippen molar-refractivity contribution in [2.45, 2.75) is 13.0 Å². The largest absolute Gasteiger partial charge is 0.378 e. The van der Waals surface area contributed by atoms with Crippen LogP contribution >= 0.6 is 0 Å². The molecule has 2 N–H and O–H groups in total. The van der Waals surface area contributed by atoms with Gasteiger partial charge in [-0.05, 0) is 13.0 Å². The van der Waals surface area contributed by atoms with Crippen LogP contribution in [0, 0.1) is 5.82 Å². The van der Waals surface area contributed by atoms with Crippen molar-refractivity contribution in [2.75, 3.05) is 31.2 Å². The molecular weight excluding hydrogens is 207 g/mol. The highest BCUT2D eigenvalue weighted by molar-refractivity contribution is 5.51. The summed E-state index contributed by atoms with van der Waals surface area (Å²) in [7, 11) is 0. The Kier molecular flexibility index (Phi) is 3.41. The monoisotopic (exact) mass is 224 g/mol. The van der Waals surface area contributed by atoms with E-state index < -0.39 is 0 Å². The maximum Gasteiger partial charge on any atom is 0.151 e. The molecule has 1 heterocycles. The van der Waals surface area contributed by atoms with Gasteiger partial charge in [0, 0.05) is 24.7 Å². The molecule has 3 nitrogen and oxygen atoms in total. The third-order valence-electron chi connectivity index (χ3n) is 2.85. The van der Waals surface area contributed by atoms with E-state index in [9.17, 15) is 4.39 Å². The Morgan fingerprint density at radius 2 is 2.06 bits per heavy atom. The summed E-state index contributed by atoms with van der Waals surface area (Å²) in [5, 5.41) is 0. The van der Waals surface area contributed by atoms with Gasteiger partial charge in [-0.3, -0.25) is 0 Å². The van der Waals surface area contributed by atoms with Crippen molar-refractivity contribution >= 4 is 5.69 Å². The van der Waals surface area contributed by atoms with Crippen LogP contribution in [-0.4, -0.2) is 26.3 Å². The second-order valence-electron chi connectivity index (χ2n) is 4.07. The molecule has 1 aliphatic heterocycles. The molecule has 0 aromatic heterocycles. The lowest BCUT2D eigenvalue weighted by molar-refractivity contribution is 0.122. The fourth-order valence-corrected chi connectivity index (χ4v) is 1.94. The molecule has 1 aliphatic rings. The standard InChI is InChI=1S/C12H17FN2O/c1-9(14)10-3-2-4-11(12(10)13)15-5-7-16-8-6-15/h2-4,9H,5-8,14H2,1H3. The fourth-order valence-electron chi connectivity index (χ4n) is 1.94. The molecule has 16 heavy (non-hydrogen) atoms. The van der Waals surface area contributed by atoms with E-state index in [-0.39, 0.29) is 11.9 Å². The molecule has 88 valence electrons. The van der Waals surface area contributed by atoms with Crippen LogP contribution in [0.25, 0.3) is 0 Å². The highest BCUT2D eigenvalue weighted by Crippen LogP contribution is 2.25. The minimum absolute atomic E-state index is 0.195. The average molecular weight is 224 g/mol. The number of nitrogens with two attached hydrogens (primary N) is 1. The van der Waals surface area contributed by atoms with Crippen LogP contribution in [0.2, 0.25) is 0 Å². The Hall–Kier alpha value is -1.13. The Morgan fingerprint density at radius 3 is 2.69 bits per heavy atom. The molecule has 0 bridgehead atoms. The van der Waals surface area contributed by atoms with Crippen LogP contribution in [0.1, 0.15) is 18.5 Å². The number of nitrogens with zero attached hydrogens (tertiary/aromatic N) is 1. The lowest BCUT2D eigenvalue weighted by Crippen LogP contribution is -2.37. The van der Waals surface area contributed by atoms with Gasteiger partial charge >= 0.3 is 0 Å². The van der Waals surface area contributed by atoms with Gasteiger partial charge in [0.2, 0.25) is 0 Å². The Morgan fingerprint density at radius 1 is 1.38 bits per heavy atom. The van der Waals surface area contributed by atoms with Gasteiger partial charge in [0.1, 0.15) is 0 Å². The molecule has 0 spiro atoms. The summed E-state index contributed by atoms with van der Waals surface area (Å²) in [5.41, 5.74) is 6.94. The van der Waals surface area contributed by atoms with Gasteiger partial charge in [0.15, 0.2) is 5.82 Å². The third kappa shape index (κ3) is 2.18. The number of morpholine rings is 1. The van der Waals surface area contributed by atoms with E-state index >= 15 is 0 Å². The van der Waals surface area contributed by atoms with E-state index in [2.05, 4.69) is 0 Å². The lowest BCUT2D eigenvalue weighted by atomic mass is 10.1. The molecule has 1 saturated heterocycles. The lowest BCUT2D eigenvalue weighted by Gasteiger charge is -2.29. The van der Waals surface area contributed by atoms with Crippen molar-refractivity contribution in [1.82, 2.24) is 0 Å². The number of halogens is 1. The van der Waals surface area contributed by atoms with Gasteiger partial charge < -0.3 is 15.4 Å². The molecule has 4 heteroatoms. The molecule has 0 amide bonds. The normalized spacial score (nSPS) is 18.6. The number of benzene rings is 1. The first-order valence-corrected chi connectivity index (χ1v) is 5.57. The van der Waals surface area contributed by atoms with E-state index in [1.807, 2.05) is 11.0 Å². The number of hydrogen-bond donors (Lipinski definition) is 1. The highest BCUT2D eigenvalue weighted by atomic mass is 19.1. The second-order valence-corrected chi connectivity index (χ2v) is 4.07. The number of hydrogen-bond acceptors (Lipinski definition) is 3. The topological polar surface area (TPSA) is 38.5 Å². The Balaban J connectivity index is 2.29. The van der Waals surface area contributed by atoms with Crippen molar-refractivity contribution in [3.63, 3.8) is 0 Å². The maximum atomic E-state index is 14.1. The maximum absolute atomic E-state index is 14.1. The second kappa shape index (κ2) is 4.80. The molecule has 1 atom stereocenters. The summed E-state index contributed by atoms with van der Waals surface area (Å²) >= 11 is 0.